The Morgan fingerprint density at radius 2 is 2.09 bits per heavy atom. The van der Waals surface area contributed by atoms with E-state index in [-0.39, 0.29) is 11.2 Å². The summed E-state index contributed by atoms with van der Waals surface area (Å²) in [6.07, 6.45) is 2.33. The van der Waals surface area contributed by atoms with Crippen molar-refractivity contribution in [3.63, 3.8) is 0 Å². The number of ether oxygens (including phenoxy) is 1. The van der Waals surface area contributed by atoms with Gasteiger partial charge >= 0.3 is 0 Å². The van der Waals surface area contributed by atoms with Crippen molar-refractivity contribution in [2.24, 2.45) is 4.99 Å². The number of rotatable bonds is 4. The predicted octanol–water partition coefficient (Wildman–Crippen LogP) is 2.55. The number of amidine groups is 1. The van der Waals surface area contributed by atoms with E-state index >= 15 is 0 Å². The zero-order valence-corrected chi connectivity index (χ0v) is 12.8. The Morgan fingerprint density at radius 3 is 2.77 bits per heavy atom. The van der Waals surface area contributed by atoms with Gasteiger partial charge in [0.15, 0.2) is 11.0 Å². The molecular weight excluding hydrogens is 298 g/mol. The van der Waals surface area contributed by atoms with Crippen molar-refractivity contribution >= 4 is 28.7 Å². The standard InChI is InChI=1S/C16H15N3O2S/c1-21-12-7-5-11(6-8-12)10-13-15(20)19-16(22-13)18-14-4-2-3-9-17-14/h2-9,13H,10H2,1H3,(H,17,18,19,20). The molecule has 1 aliphatic rings. The number of benzene rings is 1. The van der Waals surface area contributed by atoms with Crippen LogP contribution in [0.3, 0.4) is 0 Å². The summed E-state index contributed by atoms with van der Waals surface area (Å²) in [5, 5.41) is 3.23. The second kappa shape index (κ2) is 6.62. The van der Waals surface area contributed by atoms with Crippen LogP contribution in [0.4, 0.5) is 5.82 Å². The molecular formula is C16H15N3O2S. The Bertz CT molecular complexity index is 686. The predicted molar refractivity (Wildman–Crippen MR) is 87.6 cm³/mol. The molecule has 1 fully saturated rings. The van der Waals surface area contributed by atoms with Crippen molar-refractivity contribution in [1.29, 1.82) is 0 Å². The number of carbonyl (C=O) groups excluding carboxylic acids is 1. The van der Waals surface area contributed by atoms with Gasteiger partial charge in [-0.3, -0.25) is 4.79 Å². The number of amides is 1. The molecule has 1 aromatic heterocycles. The van der Waals surface area contributed by atoms with Crippen LogP contribution in [-0.2, 0) is 11.2 Å². The third-order valence-electron chi connectivity index (χ3n) is 3.22. The Labute approximate surface area is 132 Å². The van der Waals surface area contributed by atoms with Crippen LogP contribution in [0.25, 0.3) is 0 Å². The van der Waals surface area contributed by atoms with Crippen molar-refractivity contribution < 1.29 is 9.53 Å². The highest BCUT2D eigenvalue weighted by Gasteiger charge is 2.30. The lowest BCUT2D eigenvalue weighted by molar-refractivity contribution is -0.118. The molecule has 1 unspecified atom stereocenters. The average Bonchev–Trinajstić information content (AvgIpc) is 2.88. The molecule has 0 radical (unpaired) electrons. The number of hydrogen-bond acceptors (Lipinski definition) is 5. The molecule has 6 heteroatoms. The lowest BCUT2D eigenvalue weighted by Crippen LogP contribution is -2.25. The van der Waals surface area contributed by atoms with Crippen LogP contribution in [0.5, 0.6) is 5.75 Å². The second-order valence-electron chi connectivity index (χ2n) is 4.75. The maximum atomic E-state index is 12.0. The van der Waals surface area contributed by atoms with Crippen molar-refractivity contribution in [3.05, 3.63) is 54.2 Å². The van der Waals surface area contributed by atoms with Crippen LogP contribution in [0, 0.1) is 0 Å². The fourth-order valence-corrected chi connectivity index (χ4v) is 3.11. The lowest BCUT2D eigenvalue weighted by atomic mass is 10.1. The van der Waals surface area contributed by atoms with Crippen LogP contribution >= 0.6 is 11.8 Å². The molecule has 1 aromatic carbocycles. The number of methoxy groups -OCH3 is 1. The largest absolute Gasteiger partial charge is 0.497 e. The lowest BCUT2D eigenvalue weighted by Gasteiger charge is -2.06. The average molecular weight is 313 g/mol. The summed E-state index contributed by atoms with van der Waals surface area (Å²) in [4.78, 5) is 20.5. The minimum atomic E-state index is -0.171. The topological polar surface area (TPSA) is 63.6 Å². The fourth-order valence-electron chi connectivity index (χ4n) is 2.09. The Kier molecular flexibility index (Phi) is 4.39. The number of nitrogens with zero attached hydrogens (tertiary/aromatic N) is 2. The number of carbonyl (C=O) groups is 1. The maximum Gasteiger partial charge on any atom is 0.239 e. The van der Waals surface area contributed by atoms with Gasteiger partial charge in [-0.2, -0.15) is 0 Å². The van der Waals surface area contributed by atoms with E-state index in [0.717, 1.165) is 11.3 Å². The normalized spacial score (nSPS) is 19.2. The number of hydrogen-bond donors (Lipinski definition) is 1. The first-order valence-electron chi connectivity index (χ1n) is 6.85. The summed E-state index contributed by atoms with van der Waals surface area (Å²) in [6, 6.07) is 13.2. The summed E-state index contributed by atoms with van der Waals surface area (Å²) in [5.41, 5.74) is 1.09. The molecule has 1 aliphatic heterocycles. The summed E-state index contributed by atoms with van der Waals surface area (Å²) in [5.74, 6) is 1.38. The number of aromatic nitrogens is 1. The quantitative estimate of drug-likeness (QED) is 0.942. The van der Waals surface area contributed by atoms with Gasteiger partial charge < -0.3 is 10.1 Å². The highest BCUT2D eigenvalue weighted by atomic mass is 32.2. The van der Waals surface area contributed by atoms with Gasteiger partial charge in [-0.05, 0) is 36.2 Å². The first-order chi connectivity index (χ1) is 10.7. The molecule has 0 saturated carbocycles. The molecule has 22 heavy (non-hydrogen) atoms. The van der Waals surface area contributed by atoms with Gasteiger partial charge in [0.2, 0.25) is 5.91 Å². The molecule has 5 nitrogen and oxygen atoms in total. The molecule has 2 heterocycles. The highest BCUT2D eigenvalue weighted by Crippen LogP contribution is 2.25. The minimum absolute atomic E-state index is 0.0181. The smallest absolute Gasteiger partial charge is 0.239 e. The van der Waals surface area contributed by atoms with Crippen LogP contribution in [0.1, 0.15) is 5.56 Å². The Balaban J connectivity index is 1.68. The summed E-state index contributed by atoms with van der Waals surface area (Å²) in [7, 11) is 1.63. The summed E-state index contributed by atoms with van der Waals surface area (Å²) in [6.45, 7) is 0. The van der Waals surface area contributed by atoms with Gasteiger partial charge in [0, 0.05) is 6.20 Å². The van der Waals surface area contributed by atoms with E-state index in [1.165, 1.54) is 11.8 Å². The third kappa shape index (κ3) is 3.46. The van der Waals surface area contributed by atoms with Crippen LogP contribution < -0.4 is 10.1 Å². The monoisotopic (exact) mass is 313 g/mol. The fraction of sp³-hybridized carbons (Fsp3) is 0.188. The van der Waals surface area contributed by atoms with Gasteiger partial charge in [-0.25, -0.2) is 9.98 Å². The SMILES string of the molecule is COc1ccc(CC2S/C(=N/c3ccccn3)NC2=O)cc1. The van der Waals surface area contributed by atoms with E-state index < -0.39 is 0 Å². The van der Waals surface area contributed by atoms with E-state index in [1.807, 2.05) is 36.4 Å². The number of pyridine rings is 1. The first kappa shape index (κ1) is 14.6. The van der Waals surface area contributed by atoms with E-state index in [0.29, 0.717) is 17.4 Å². The first-order valence-corrected chi connectivity index (χ1v) is 7.73. The van der Waals surface area contributed by atoms with E-state index in [9.17, 15) is 4.79 Å². The highest BCUT2D eigenvalue weighted by molar-refractivity contribution is 8.15. The molecule has 1 amide bonds. The molecule has 1 N–H and O–H groups in total. The molecule has 0 spiro atoms. The van der Waals surface area contributed by atoms with Crippen LogP contribution in [-0.4, -0.2) is 28.4 Å². The number of aliphatic imine (C=N–C) groups is 1. The Morgan fingerprint density at radius 1 is 1.27 bits per heavy atom. The molecule has 2 aromatic rings. The van der Waals surface area contributed by atoms with Crippen LogP contribution in [0.15, 0.2) is 53.7 Å². The van der Waals surface area contributed by atoms with E-state index in [1.54, 1.807) is 19.4 Å². The summed E-state index contributed by atoms with van der Waals surface area (Å²) < 4.78 is 5.13. The molecule has 112 valence electrons. The number of thioether (sulfide) groups is 1. The van der Waals surface area contributed by atoms with Gasteiger partial charge in [0.05, 0.1) is 12.4 Å². The van der Waals surface area contributed by atoms with Gasteiger partial charge in [0.25, 0.3) is 0 Å². The minimum Gasteiger partial charge on any atom is -0.497 e. The van der Waals surface area contributed by atoms with Crippen LogP contribution in [0.2, 0.25) is 0 Å². The summed E-state index contributed by atoms with van der Waals surface area (Å²) >= 11 is 1.44. The van der Waals surface area contributed by atoms with Gasteiger partial charge in [-0.15, -0.1) is 0 Å². The van der Waals surface area contributed by atoms with Crippen molar-refractivity contribution in [2.45, 2.75) is 11.7 Å². The molecule has 3 rings (SSSR count). The van der Waals surface area contributed by atoms with Crippen molar-refractivity contribution in [2.75, 3.05) is 7.11 Å². The second-order valence-corrected chi connectivity index (χ2v) is 5.94. The zero-order valence-electron chi connectivity index (χ0n) is 12.0. The molecule has 0 bridgehead atoms. The zero-order chi connectivity index (χ0) is 15.4. The third-order valence-corrected chi connectivity index (χ3v) is 4.30. The molecule has 1 atom stereocenters. The van der Waals surface area contributed by atoms with Crippen molar-refractivity contribution in [3.8, 4) is 5.75 Å². The van der Waals surface area contributed by atoms with Crippen molar-refractivity contribution in [1.82, 2.24) is 10.3 Å². The molecule has 0 aliphatic carbocycles. The van der Waals surface area contributed by atoms with Gasteiger partial charge in [-0.1, -0.05) is 30.0 Å². The number of nitrogens with one attached hydrogen (secondary N) is 1. The molecule has 1 saturated heterocycles. The maximum absolute atomic E-state index is 12.0. The van der Waals surface area contributed by atoms with E-state index in [4.69, 9.17) is 4.74 Å². The van der Waals surface area contributed by atoms with Gasteiger partial charge in [0.1, 0.15) is 5.75 Å². The Hall–Kier alpha value is -2.34. The van der Waals surface area contributed by atoms with E-state index in [2.05, 4.69) is 15.3 Å².